The highest BCUT2D eigenvalue weighted by Gasteiger charge is 2.16. The van der Waals surface area contributed by atoms with Crippen LogP contribution in [0.4, 0.5) is 0 Å². The quantitative estimate of drug-likeness (QED) is 0.801. The molecule has 3 aromatic rings. The largest absolute Gasteiger partial charge is 0.497 e. The SMILES string of the molecule is COc1ccc2c(C(=O)N(C)Cc3ccccc3)c[nH]c2c1. The molecule has 0 unspecified atom stereocenters. The molecular formula is C18H18N2O2. The van der Waals surface area contributed by atoms with Crippen LogP contribution in [-0.2, 0) is 6.54 Å². The van der Waals surface area contributed by atoms with Crippen molar-refractivity contribution in [3.8, 4) is 5.75 Å². The Morgan fingerprint density at radius 1 is 1.18 bits per heavy atom. The number of fused-ring (bicyclic) bond motifs is 1. The number of methoxy groups -OCH3 is 1. The van der Waals surface area contributed by atoms with Crippen molar-refractivity contribution < 1.29 is 9.53 Å². The van der Waals surface area contributed by atoms with E-state index in [1.807, 2.05) is 55.6 Å². The zero-order chi connectivity index (χ0) is 15.5. The molecule has 1 amide bonds. The summed E-state index contributed by atoms with van der Waals surface area (Å²) in [5.41, 5.74) is 2.69. The lowest BCUT2D eigenvalue weighted by Crippen LogP contribution is -2.25. The Bertz CT molecular complexity index is 793. The minimum Gasteiger partial charge on any atom is -0.497 e. The highest BCUT2D eigenvalue weighted by Crippen LogP contribution is 2.24. The molecule has 3 rings (SSSR count). The van der Waals surface area contributed by atoms with E-state index in [4.69, 9.17) is 4.74 Å². The summed E-state index contributed by atoms with van der Waals surface area (Å²) < 4.78 is 5.20. The number of carbonyl (C=O) groups excluding carboxylic acids is 1. The van der Waals surface area contributed by atoms with Crippen LogP contribution in [0.1, 0.15) is 15.9 Å². The summed E-state index contributed by atoms with van der Waals surface area (Å²) in [5, 5.41) is 0.908. The maximum Gasteiger partial charge on any atom is 0.256 e. The first-order valence-electron chi connectivity index (χ1n) is 7.13. The fourth-order valence-electron chi connectivity index (χ4n) is 2.54. The van der Waals surface area contributed by atoms with Gasteiger partial charge in [-0.2, -0.15) is 0 Å². The minimum atomic E-state index is 0.000250. The third kappa shape index (κ3) is 2.68. The Morgan fingerprint density at radius 2 is 1.95 bits per heavy atom. The molecule has 0 saturated carbocycles. The number of nitrogens with zero attached hydrogens (tertiary/aromatic N) is 1. The van der Waals surface area contributed by atoms with Crippen molar-refractivity contribution in [2.24, 2.45) is 0 Å². The van der Waals surface area contributed by atoms with E-state index in [1.54, 1.807) is 18.2 Å². The fraction of sp³-hybridized carbons (Fsp3) is 0.167. The van der Waals surface area contributed by atoms with Gasteiger partial charge in [0.05, 0.1) is 12.7 Å². The maximum atomic E-state index is 12.7. The van der Waals surface area contributed by atoms with E-state index in [9.17, 15) is 4.79 Å². The van der Waals surface area contributed by atoms with Crippen molar-refractivity contribution in [1.82, 2.24) is 9.88 Å². The first-order chi connectivity index (χ1) is 10.7. The van der Waals surface area contributed by atoms with Crippen molar-refractivity contribution in [3.63, 3.8) is 0 Å². The Labute approximate surface area is 129 Å². The van der Waals surface area contributed by atoms with Gasteiger partial charge in [0.25, 0.3) is 5.91 Å². The first-order valence-corrected chi connectivity index (χ1v) is 7.13. The molecule has 22 heavy (non-hydrogen) atoms. The summed E-state index contributed by atoms with van der Waals surface area (Å²) in [6, 6.07) is 15.6. The van der Waals surface area contributed by atoms with Gasteiger partial charge in [0.2, 0.25) is 0 Å². The molecule has 0 radical (unpaired) electrons. The number of amides is 1. The number of aromatic amines is 1. The van der Waals surface area contributed by atoms with Gasteiger partial charge in [-0.3, -0.25) is 4.79 Å². The molecule has 0 saturated heterocycles. The molecule has 0 bridgehead atoms. The molecule has 0 aliphatic heterocycles. The van der Waals surface area contributed by atoms with Gasteiger partial charge < -0.3 is 14.6 Å². The summed E-state index contributed by atoms with van der Waals surface area (Å²) in [4.78, 5) is 17.5. The van der Waals surface area contributed by atoms with Gasteiger partial charge in [0.1, 0.15) is 5.75 Å². The number of carbonyl (C=O) groups is 1. The topological polar surface area (TPSA) is 45.3 Å². The predicted molar refractivity (Wildman–Crippen MR) is 87.1 cm³/mol. The Balaban J connectivity index is 1.85. The minimum absolute atomic E-state index is 0.000250. The third-order valence-electron chi connectivity index (χ3n) is 3.73. The molecule has 0 spiro atoms. The van der Waals surface area contributed by atoms with Gasteiger partial charge in [-0.1, -0.05) is 30.3 Å². The zero-order valence-corrected chi connectivity index (χ0v) is 12.7. The molecule has 4 nitrogen and oxygen atoms in total. The zero-order valence-electron chi connectivity index (χ0n) is 12.7. The van der Waals surface area contributed by atoms with Crippen molar-refractivity contribution >= 4 is 16.8 Å². The lowest BCUT2D eigenvalue weighted by molar-refractivity contribution is 0.0787. The number of ether oxygens (including phenoxy) is 1. The fourth-order valence-corrected chi connectivity index (χ4v) is 2.54. The highest BCUT2D eigenvalue weighted by atomic mass is 16.5. The van der Waals surface area contributed by atoms with Crippen LogP contribution in [0.2, 0.25) is 0 Å². The third-order valence-corrected chi connectivity index (χ3v) is 3.73. The van der Waals surface area contributed by atoms with E-state index >= 15 is 0 Å². The van der Waals surface area contributed by atoms with Crippen LogP contribution in [0.25, 0.3) is 10.9 Å². The Kier molecular flexibility index (Phi) is 3.83. The smallest absolute Gasteiger partial charge is 0.256 e. The van der Waals surface area contributed by atoms with Crippen molar-refractivity contribution in [2.45, 2.75) is 6.54 Å². The van der Waals surface area contributed by atoms with E-state index in [2.05, 4.69) is 4.98 Å². The molecule has 1 aromatic heterocycles. The Morgan fingerprint density at radius 3 is 2.68 bits per heavy atom. The molecule has 1 N–H and O–H groups in total. The number of nitrogens with one attached hydrogen (secondary N) is 1. The van der Waals surface area contributed by atoms with Gasteiger partial charge in [0, 0.05) is 36.8 Å². The normalized spacial score (nSPS) is 10.6. The lowest BCUT2D eigenvalue weighted by atomic mass is 10.1. The first kappa shape index (κ1) is 14.2. The second-order valence-corrected chi connectivity index (χ2v) is 5.26. The summed E-state index contributed by atoms with van der Waals surface area (Å²) in [6.45, 7) is 0.586. The molecule has 0 aliphatic rings. The van der Waals surface area contributed by atoms with Crippen LogP contribution >= 0.6 is 0 Å². The monoisotopic (exact) mass is 294 g/mol. The van der Waals surface area contributed by atoms with Crippen molar-refractivity contribution in [2.75, 3.05) is 14.2 Å². The van der Waals surface area contributed by atoms with E-state index in [-0.39, 0.29) is 5.91 Å². The van der Waals surface area contributed by atoms with Gasteiger partial charge in [0.15, 0.2) is 0 Å². The lowest BCUT2D eigenvalue weighted by Gasteiger charge is -2.17. The number of hydrogen-bond acceptors (Lipinski definition) is 2. The van der Waals surface area contributed by atoms with Crippen molar-refractivity contribution in [1.29, 1.82) is 0 Å². The molecule has 4 heteroatoms. The van der Waals surface area contributed by atoms with Crippen LogP contribution in [0, 0.1) is 0 Å². The number of hydrogen-bond donors (Lipinski definition) is 1. The predicted octanol–water partition coefficient (Wildman–Crippen LogP) is 3.45. The second-order valence-electron chi connectivity index (χ2n) is 5.26. The average molecular weight is 294 g/mol. The van der Waals surface area contributed by atoms with Crippen LogP contribution in [0.15, 0.2) is 54.7 Å². The summed E-state index contributed by atoms with van der Waals surface area (Å²) in [6.07, 6.45) is 1.76. The van der Waals surface area contributed by atoms with Crippen LogP contribution in [0.5, 0.6) is 5.75 Å². The van der Waals surface area contributed by atoms with E-state index in [0.29, 0.717) is 12.1 Å². The van der Waals surface area contributed by atoms with Gasteiger partial charge in [-0.15, -0.1) is 0 Å². The Hall–Kier alpha value is -2.75. The summed E-state index contributed by atoms with van der Waals surface area (Å²) >= 11 is 0. The van der Waals surface area contributed by atoms with Gasteiger partial charge in [-0.05, 0) is 17.7 Å². The highest BCUT2D eigenvalue weighted by molar-refractivity contribution is 6.06. The molecule has 0 aliphatic carbocycles. The number of rotatable bonds is 4. The number of aromatic nitrogens is 1. The molecular weight excluding hydrogens is 276 g/mol. The molecule has 0 fully saturated rings. The van der Waals surface area contributed by atoms with Crippen LogP contribution in [-0.4, -0.2) is 29.9 Å². The summed E-state index contributed by atoms with van der Waals surface area (Å²) in [5.74, 6) is 0.770. The molecule has 2 aromatic carbocycles. The number of benzene rings is 2. The van der Waals surface area contributed by atoms with Gasteiger partial charge >= 0.3 is 0 Å². The molecule has 0 atom stereocenters. The van der Waals surface area contributed by atoms with Crippen LogP contribution in [0.3, 0.4) is 0 Å². The van der Waals surface area contributed by atoms with E-state index < -0.39 is 0 Å². The van der Waals surface area contributed by atoms with Gasteiger partial charge in [-0.25, -0.2) is 0 Å². The van der Waals surface area contributed by atoms with E-state index in [1.165, 1.54) is 0 Å². The molecule has 112 valence electrons. The van der Waals surface area contributed by atoms with Crippen molar-refractivity contribution in [3.05, 3.63) is 65.9 Å². The molecule has 1 heterocycles. The number of H-pyrrole nitrogens is 1. The standard InChI is InChI=1S/C18H18N2O2/c1-20(12-13-6-4-3-5-7-13)18(21)16-11-19-17-10-14(22-2)8-9-15(16)17/h3-11,19H,12H2,1-2H3. The average Bonchev–Trinajstić information content (AvgIpc) is 2.97. The second kappa shape index (κ2) is 5.93. The van der Waals surface area contributed by atoms with Crippen LogP contribution < -0.4 is 4.74 Å². The maximum absolute atomic E-state index is 12.7. The summed E-state index contributed by atoms with van der Waals surface area (Å²) in [7, 11) is 3.45. The van der Waals surface area contributed by atoms with E-state index in [0.717, 1.165) is 22.2 Å².